The second-order valence-corrected chi connectivity index (χ2v) is 4.85. The van der Waals surface area contributed by atoms with E-state index in [0.717, 1.165) is 21.8 Å². The number of H-pyrrole nitrogens is 1. The van der Waals surface area contributed by atoms with E-state index in [2.05, 4.69) is 25.6 Å². The fourth-order valence-electron chi connectivity index (χ4n) is 2.35. The summed E-state index contributed by atoms with van der Waals surface area (Å²) >= 11 is 0. The first-order valence-corrected chi connectivity index (χ1v) is 6.74. The number of aromatic nitrogens is 3. The van der Waals surface area contributed by atoms with E-state index in [9.17, 15) is 5.11 Å². The zero-order chi connectivity index (χ0) is 14.9. The van der Waals surface area contributed by atoms with Gasteiger partial charge in [-0.25, -0.2) is 0 Å². The minimum absolute atomic E-state index is 0. The van der Waals surface area contributed by atoms with Crippen molar-refractivity contribution in [1.82, 2.24) is 15.4 Å². The van der Waals surface area contributed by atoms with Gasteiger partial charge in [0.05, 0.1) is 5.69 Å². The normalized spacial score (nSPS) is 11.1. The number of hydrogen-bond donors (Lipinski definition) is 2. The fourth-order valence-corrected chi connectivity index (χ4v) is 2.35. The number of benzene rings is 3. The van der Waals surface area contributed by atoms with E-state index in [-0.39, 0.29) is 28.1 Å². The second-order valence-electron chi connectivity index (χ2n) is 4.85. The number of aromatic hydroxyl groups is 1. The number of rotatable bonds is 2. The van der Waals surface area contributed by atoms with Crippen molar-refractivity contribution < 1.29 is 27.5 Å². The number of fused-ring (bicyclic) bond motifs is 2. The van der Waals surface area contributed by atoms with Crippen LogP contribution in [0.4, 0.5) is 11.4 Å². The number of aromatic amines is 1. The fraction of sp³-hybridized carbons (Fsp3) is 0. The third-order valence-electron chi connectivity index (χ3n) is 3.44. The van der Waals surface area contributed by atoms with Crippen LogP contribution in [-0.4, -0.2) is 20.5 Å². The van der Waals surface area contributed by atoms with E-state index in [0.29, 0.717) is 11.4 Å². The summed E-state index contributed by atoms with van der Waals surface area (Å²) in [5.41, 5.74) is 2.60. The minimum Gasteiger partial charge on any atom is -0.506 e. The summed E-state index contributed by atoms with van der Waals surface area (Å²) < 4.78 is 0. The molecule has 1 heterocycles. The number of hydrogen-bond acceptors (Lipinski definition) is 5. The van der Waals surface area contributed by atoms with Crippen LogP contribution in [0.25, 0.3) is 21.8 Å². The Kier molecular flexibility index (Phi) is 4.20. The van der Waals surface area contributed by atoms with E-state index in [1.54, 1.807) is 18.2 Å². The molecule has 116 valence electrons. The molecule has 0 atom stereocenters. The summed E-state index contributed by atoms with van der Waals surface area (Å²) in [4.78, 5) is 0. The number of phenols is 1. The van der Waals surface area contributed by atoms with Gasteiger partial charge < -0.3 is 5.11 Å². The summed E-state index contributed by atoms with van der Waals surface area (Å²) in [6.07, 6.45) is 0. The van der Waals surface area contributed by atoms with E-state index in [4.69, 9.17) is 0 Å². The minimum atomic E-state index is 0. The molecule has 7 heteroatoms. The molecular formula is C16H11AgN5O+. The smallest absolute Gasteiger partial charge is 0.506 e. The molecule has 0 radical (unpaired) electrons. The molecule has 0 saturated heterocycles. The number of azo groups is 1. The molecule has 0 spiro atoms. The van der Waals surface area contributed by atoms with Crippen LogP contribution >= 0.6 is 0 Å². The summed E-state index contributed by atoms with van der Waals surface area (Å²) in [6.45, 7) is 0. The van der Waals surface area contributed by atoms with Crippen molar-refractivity contribution in [1.29, 1.82) is 0 Å². The van der Waals surface area contributed by atoms with Gasteiger partial charge in [0.25, 0.3) is 0 Å². The Morgan fingerprint density at radius 3 is 2.61 bits per heavy atom. The Labute approximate surface area is 146 Å². The van der Waals surface area contributed by atoms with Gasteiger partial charge in [-0.1, -0.05) is 30.3 Å². The SMILES string of the molecule is Oc1ccc2ccccc2c1N=Nc1ccc2n[nH]nc2c1.[Ag+]. The average Bonchev–Trinajstić information content (AvgIpc) is 3.01. The molecule has 3 aromatic carbocycles. The quantitative estimate of drug-likeness (QED) is 0.392. The topological polar surface area (TPSA) is 86.5 Å². The van der Waals surface area contributed by atoms with Crippen molar-refractivity contribution in [2.75, 3.05) is 0 Å². The van der Waals surface area contributed by atoms with Crippen molar-refractivity contribution in [3.8, 4) is 5.75 Å². The van der Waals surface area contributed by atoms with Crippen LogP contribution in [0.2, 0.25) is 0 Å². The van der Waals surface area contributed by atoms with Gasteiger partial charge in [0.1, 0.15) is 22.5 Å². The molecule has 0 aliphatic carbocycles. The Bertz CT molecular complexity index is 1010. The maximum absolute atomic E-state index is 10.0. The second kappa shape index (κ2) is 6.29. The van der Waals surface area contributed by atoms with Crippen LogP contribution in [0.5, 0.6) is 5.75 Å². The molecule has 0 bridgehead atoms. The van der Waals surface area contributed by atoms with E-state index < -0.39 is 0 Å². The van der Waals surface area contributed by atoms with Gasteiger partial charge in [-0.2, -0.15) is 20.5 Å². The third-order valence-corrected chi connectivity index (χ3v) is 3.44. The van der Waals surface area contributed by atoms with Crippen molar-refractivity contribution in [2.24, 2.45) is 10.2 Å². The molecule has 0 saturated carbocycles. The molecule has 6 nitrogen and oxygen atoms in total. The van der Waals surface area contributed by atoms with Gasteiger partial charge >= 0.3 is 22.4 Å². The molecule has 23 heavy (non-hydrogen) atoms. The molecule has 4 rings (SSSR count). The van der Waals surface area contributed by atoms with Crippen molar-refractivity contribution in [3.63, 3.8) is 0 Å². The third kappa shape index (κ3) is 2.87. The van der Waals surface area contributed by atoms with Crippen LogP contribution in [0.15, 0.2) is 64.8 Å². The molecule has 0 aliphatic heterocycles. The monoisotopic (exact) mass is 396 g/mol. The first-order chi connectivity index (χ1) is 10.8. The summed E-state index contributed by atoms with van der Waals surface area (Å²) in [7, 11) is 0. The summed E-state index contributed by atoms with van der Waals surface area (Å²) in [5, 5.41) is 30.9. The first-order valence-electron chi connectivity index (χ1n) is 6.74. The Morgan fingerprint density at radius 2 is 1.70 bits per heavy atom. The zero-order valence-electron chi connectivity index (χ0n) is 11.7. The number of phenolic OH excluding ortho intramolecular Hbond substituents is 1. The Hall–Kier alpha value is -2.54. The molecule has 4 aromatic rings. The molecule has 1 aromatic heterocycles. The Balaban J connectivity index is 0.00000156. The standard InChI is InChI=1S/C16H11N5O.Ag/c22-15-8-5-10-3-1-2-4-12(10)16(15)20-17-11-6-7-13-14(9-11)19-21-18-13;/h1-9,22H,(H,18,19,21);/q;+1. The van der Waals surface area contributed by atoms with Crippen LogP contribution < -0.4 is 0 Å². The molecular weight excluding hydrogens is 386 g/mol. The predicted molar refractivity (Wildman–Crippen MR) is 83.7 cm³/mol. The van der Waals surface area contributed by atoms with Gasteiger partial charge in [0.15, 0.2) is 0 Å². The van der Waals surface area contributed by atoms with Gasteiger partial charge in [-0.15, -0.1) is 5.11 Å². The maximum atomic E-state index is 10.0. The summed E-state index contributed by atoms with van der Waals surface area (Å²) in [6, 6.07) is 16.6. The van der Waals surface area contributed by atoms with Crippen molar-refractivity contribution in [3.05, 3.63) is 54.6 Å². The molecule has 0 unspecified atom stereocenters. The van der Waals surface area contributed by atoms with Gasteiger partial charge in [0, 0.05) is 5.39 Å². The van der Waals surface area contributed by atoms with E-state index >= 15 is 0 Å². The number of nitrogens with one attached hydrogen (secondary N) is 1. The number of nitrogens with zero attached hydrogens (tertiary/aromatic N) is 4. The summed E-state index contributed by atoms with van der Waals surface area (Å²) in [5.74, 6) is 0.102. The molecule has 2 N–H and O–H groups in total. The van der Waals surface area contributed by atoms with Crippen LogP contribution in [0, 0.1) is 0 Å². The van der Waals surface area contributed by atoms with Crippen LogP contribution in [0.3, 0.4) is 0 Å². The van der Waals surface area contributed by atoms with Gasteiger partial charge in [0.2, 0.25) is 0 Å². The molecule has 0 fully saturated rings. The van der Waals surface area contributed by atoms with E-state index in [1.165, 1.54) is 0 Å². The molecule has 0 aliphatic rings. The average molecular weight is 397 g/mol. The van der Waals surface area contributed by atoms with Gasteiger partial charge in [-0.05, 0) is 29.7 Å². The maximum Gasteiger partial charge on any atom is 1.00 e. The zero-order valence-corrected chi connectivity index (χ0v) is 13.2. The van der Waals surface area contributed by atoms with E-state index in [1.807, 2.05) is 36.4 Å². The van der Waals surface area contributed by atoms with Gasteiger partial charge in [-0.3, -0.25) is 0 Å². The van der Waals surface area contributed by atoms with Crippen LogP contribution in [0.1, 0.15) is 0 Å². The van der Waals surface area contributed by atoms with Crippen molar-refractivity contribution in [2.45, 2.75) is 0 Å². The van der Waals surface area contributed by atoms with Crippen LogP contribution in [-0.2, 0) is 22.4 Å². The first kappa shape index (κ1) is 15.4. The van der Waals surface area contributed by atoms with Crippen molar-refractivity contribution >= 4 is 33.2 Å². The Morgan fingerprint density at radius 1 is 0.870 bits per heavy atom. The largest absolute Gasteiger partial charge is 1.00 e. The predicted octanol–water partition coefficient (Wildman–Crippen LogP) is 4.23. The molecule has 0 amide bonds.